The van der Waals surface area contributed by atoms with Gasteiger partial charge in [0.05, 0.1) is 6.26 Å². The average Bonchev–Trinajstić information content (AvgIpc) is 2.90. The Morgan fingerprint density at radius 3 is 2.80 bits per heavy atom. The number of nitrogens with zero attached hydrogens (tertiary/aromatic N) is 1. The zero-order valence-corrected chi connectivity index (χ0v) is 13.1. The third-order valence-electron chi connectivity index (χ3n) is 3.95. The number of piperidine rings is 1. The molecule has 1 aliphatic rings. The van der Waals surface area contributed by atoms with Crippen LogP contribution in [-0.2, 0) is 6.42 Å². The standard InChI is InChI=1S/C17H28N2O/c1-14(2)6-9-19-10-7-16(8-11-19)18-15(3)13-17-5-4-12-20-17/h4-6,12,15-16,18H,7-11,13H2,1-3H3. The molecule has 3 nitrogen and oxygen atoms in total. The van der Waals surface area contributed by atoms with Crippen LogP contribution in [0.1, 0.15) is 39.4 Å². The molecule has 0 radical (unpaired) electrons. The van der Waals surface area contributed by atoms with E-state index in [0.717, 1.165) is 18.7 Å². The highest BCUT2D eigenvalue weighted by molar-refractivity contribution is 5.00. The van der Waals surface area contributed by atoms with Gasteiger partial charge in [0, 0.05) is 25.0 Å². The summed E-state index contributed by atoms with van der Waals surface area (Å²) in [4.78, 5) is 2.54. The van der Waals surface area contributed by atoms with Crippen molar-refractivity contribution in [3.05, 3.63) is 35.8 Å². The lowest BCUT2D eigenvalue weighted by atomic mass is 10.0. The second-order valence-corrected chi connectivity index (χ2v) is 6.21. The first-order valence-corrected chi connectivity index (χ1v) is 7.77. The van der Waals surface area contributed by atoms with Crippen molar-refractivity contribution in [2.45, 2.75) is 52.1 Å². The quantitative estimate of drug-likeness (QED) is 0.809. The van der Waals surface area contributed by atoms with Gasteiger partial charge in [-0.25, -0.2) is 0 Å². The van der Waals surface area contributed by atoms with Gasteiger partial charge >= 0.3 is 0 Å². The average molecular weight is 276 g/mol. The topological polar surface area (TPSA) is 28.4 Å². The van der Waals surface area contributed by atoms with E-state index in [-0.39, 0.29) is 0 Å². The Morgan fingerprint density at radius 1 is 1.45 bits per heavy atom. The maximum atomic E-state index is 5.41. The Labute approximate surface area is 123 Å². The van der Waals surface area contributed by atoms with Crippen molar-refractivity contribution in [2.24, 2.45) is 0 Å². The molecule has 0 amide bonds. The van der Waals surface area contributed by atoms with Crippen LogP contribution in [-0.4, -0.2) is 36.6 Å². The molecule has 1 aliphatic heterocycles. The smallest absolute Gasteiger partial charge is 0.105 e. The van der Waals surface area contributed by atoms with E-state index >= 15 is 0 Å². The molecule has 20 heavy (non-hydrogen) atoms. The van der Waals surface area contributed by atoms with Crippen LogP contribution >= 0.6 is 0 Å². The monoisotopic (exact) mass is 276 g/mol. The molecular weight excluding hydrogens is 248 g/mol. The fraction of sp³-hybridized carbons (Fsp3) is 0.647. The Morgan fingerprint density at radius 2 is 2.20 bits per heavy atom. The normalized spacial score (nSPS) is 18.9. The van der Waals surface area contributed by atoms with E-state index in [1.807, 2.05) is 6.07 Å². The molecular formula is C17H28N2O. The van der Waals surface area contributed by atoms with Gasteiger partial charge in [0.25, 0.3) is 0 Å². The molecule has 1 aromatic heterocycles. The van der Waals surface area contributed by atoms with E-state index in [2.05, 4.69) is 43.1 Å². The predicted molar refractivity (Wildman–Crippen MR) is 83.9 cm³/mol. The molecule has 1 unspecified atom stereocenters. The largest absolute Gasteiger partial charge is 0.469 e. The first-order chi connectivity index (χ1) is 9.63. The molecule has 2 rings (SSSR count). The first kappa shape index (κ1) is 15.3. The van der Waals surface area contributed by atoms with E-state index in [1.54, 1.807) is 6.26 Å². The Kier molecular flexibility index (Phi) is 5.86. The van der Waals surface area contributed by atoms with Crippen LogP contribution in [0.2, 0.25) is 0 Å². The molecule has 1 atom stereocenters. The fourth-order valence-electron chi connectivity index (χ4n) is 2.79. The van der Waals surface area contributed by atoms with Crippen molar-refractivity contribution in [1.82, 2.24) is 10.2 Å². The van der Waals surface area contributed by atoms with Crippen LogP contribution in [0.15, 0.2) is 34.5 Å². The molecule has 0 bridgehead atoms. The second kappa shape index (κ2) is 7.65. The summed E-state index contributed by atoms with van der Waals surface area (Å²) in [6, 6.07) is 5.16. The Balaban J connectivity index is 1.67. The third-order valence-corrected chi connectivity index (χ3v) is 3.95. The van der Waals surface area contributed by atoms with Gasteiger partial charge in [-0.15, -0.1) is 0 Å². The van der Waals surface area contributed by atoms with E-state index < -0.39 is 0 Å². The summed E-state index contributed by atoms with van der Waals surface area (Å²) >= 11 is 0. The minimum absolute atomic E-state index is 0.482. The number of hydrogen-bond donors (Lipinski definition) is 1. The van der Waals surface area contributed by atoms with Gasteiger partial charge in [-0.1, -0.05) is 11.6 Å². The van der Waals surface area contributed by atoms with E-state index in [1.165, 1.54) is 31.5 Å². The summed E-state index contributed by atoms with van der Waals surface area (Å²) in [6.07, 6.45) is 7.56. The molecule has 1 fully saturated rings. The molecule has 1 saturated heterocycles. The highest BCUT2D eigenvalue weighted by Crippen LogP contribution is 2.12. The van der Waals surface area contributed by atoms with Crippen molar-refractivity contribution >= 4 is 0 Å². The van der Waals surface area contributed by atoms with Gasteiger partial charge in [-0.3, -0.25) is 4.90 Å². The van der Waals surface area contributed by atoms with Gasteiger partial charge in [0.15, 0.2) is 0 Å². The number of allylic oxidation sites excluding steroid dienone is 1. The lowest BCUT2D eigenvalue weighted by Crippen LogP contribution is -2.46. The maximum Gasteiger partial charge on any atom is 0.105 e. The molecule has 0 spiro atoms. The lowest BCUT2D eigenvalue weighted by molar-refractivity contribution is 0.207. The molecule has 0 saturated carbocycles. The van der Waals surface area contributed by atoms with Crippen molar-refractivity contribution in [3.63, 3.8) is 0 Å². The SMILES string of the molecule is CC(C)=CCN1CCC(NC(C)Cc2ccco2)CC1. The van der Waals surface area contributed by atoms with Gasteiger partial charge in [-0.2, -0.15) is 0 Å². The van der Waals surface area contributed by atoms with Crippen molar-refractivity contribution in [3.8, 4) is 0 Å². The number of rotatable bonds is 6. The van der Waals surface area contributed by atoms with Crippen LogP contribution in [0.3, 0.4) is 0 Å². The predicted octanol–water partition coefficient (Wildman–Crippen LogP) is 3.23. The van der Waals surface area contributed by atoms with Gasteiger partial charge < -0.3 is 9.73 Å². The summed E-state index contributed by atoms with van der Waals surface area (Å²) in [5, 5.41) is 3.74. The molecule has 2 heterocycles. The summed E-state index contributed by atoms with van der Waals surface area (Å²) in [5.74, 6) is 1.07. The van der Waals surface area contributed by atoms with E-state index in [0.29, 0.717) is 12.1 Å². The lowest BCUT2D eigenvalue weighted by Gasteiger charge is -2.33. The molecule has 0 aliphatic carbocycles. The number of furan rings is 1. The summed E-state index contributed by atoms with van der Waals surface area (Å²) in [5.41, 5.74) is 1.41. The zero-order valence-electron chi connectivity index (χ0n) is 13.1. The van der Waals surface area contributed by atoms with Gasteiger partial charge in [0.1, 0.15) is 5.76 Å². The summed E-state index contributed by atoms with van der Waals surface area (Å²) in [7, 11) is 0. The maximum absolute atomic E-state index is 5.41. The third kappa shape index (κ3) is 5.14. The van der Waals surface area contributed by atoms with Crippen LogP contribution in [0.4, 0.5) is 0 Å². The van der Waals surface area contributed by atoms with Crippen molar-refractivity contribution in [1.29, 1.82) is 0 Å². The molecule has 112 valence electrons. The van der Waals surface area contributed by atoms with Crippen LogP contribution < -0.4 is 5.32 Å². The van der Waals surface area contributed by atoms with Crippen LogP contribution in [0, 0.1) is 0 Å². The molecule has 1 N–H and O–H groups in total. The second-order valence-electron chi connectivity index (χ2n) is 6.21. The zero-order chi connectivity index (χ0) is 14.4. The minimum atomic E-state index is 0.482. The Hall–Kier alpha value is -1.06. The number of likely N-dealkylation sites (tertiary alicyclic amines) is 1. The summed E-state index contributed by atoms with van der Waals surface area (Å²) < 4.78 is 5.41. The summed E-state index contributed by atoms with van der Waals surface area (Å²) in [6.45, 7) is 10.1. The highest BCUT2D eigenvalue weighted by Gasteiger charge is 2.20. The van der Waals surface area contributed by atoms with E-state index in [9.17, 15) is 0 Å². The van der Waals surface area contributed by atoms with Gasteiger partial charge in [0.2, 0.25) is 0 Å². The first-order valence-electron chi connectivity index (χ1n) is 7.77. The number of hydrogen-bond acceptors (Lipinski definition) is 3. The highest BCUT2D eigenvalue weighted by atomic mass is 16.3. The van der Waals surface area contributed by atoms with Crippen LogP contribution in [0.5, 0.6) is 0 Å². The molecule has 3 heteroatoms. The van der Waals surface area contributed by atoms with Gasteiger partial charge in [-0.05, 0) is 58.8 Å². The minimum Gasteiger partial charge on any atom is -0.469 e. The molecule has 1 aromatic rings. The van der Waals surface area contributed by atoms with E-state index in [4.69, 9.17) is 4.42 Å². The molecule has 0 aromatic carbocycles. The number of nitrogens with one attached hydrogen (secondary N) is 1. The van der Waals surface area contributed by atoms with Crippen molar-refractivity contribution < 1.29 is 4.42 Å². The van der Waals surface area contributed by atoms with Crippen LogP contribution in [0.25, 0.3) is 0 Å². The fourth-order valence-corrected chi connectivity index (χ4v) is 2.79. The van der Waals surface area contributed by atoms with Crippen molar-refractivity contribution in [2.75, 3.05) is 19.6 Å². The Bertz CT molecular complexity index is 399.